The Hall–Kier alpha value is -3.66. The van der Waals surface area contributed by atoms with E-state index in [0.29, 0.717) is 50.5 Å². The molecule has 0 aliphatic carbocycles. The van der Waals surface area contributed by atoms with Gasteiger partial charge in [0.15, 0.2) is 23.9 Å². The molecule has 3 atom stereocenters. The molecule has 0 radical (unpaired) electrons. The van der Waals surface area contributed by atoms with E-state index in [1.54, 1.807) is 0 Å². The normalized spacial score (nSPS) is 23.0. The molecular weight excluding hydrogens is 536 g/mol. The van der Waals surface area contributed by atoms with E-state index in [-0.39, 0.29) is 36.5 Å². The second-order valence-electron chi connectivity index (χ2n) is 12.7. The SMILES string of the molecule is CCCCN(C(=O)CN1C[C@H](c2ccc3c(c2)OCO3)[C@@H](C(=O)O)[C@@H]1CCN1CC(C)(C)CC1=O)c1ccc[n+](C)c1. The zero-order valence-corrected chi connectivity index (χ0v) is 25.1. The third kappa shape index (κ3) is 6.38. The van der Waals surface area contributed by atoms with Gasteiger partial charge in [0, 0.05) is 50.6 Å². The Morgan fingerprint density at radius 3 is 2.67 bits per heavy atom. The molecule has 226 valence electrons. The number of ether oxygens (including phenoxy) is 2. The van der Waals surface area contributed by atoms with Gasteiger partial charge in [0.1, 0.15) is 12.7 Å². The molecular formula is C32H43N4O6+. The first kappa shape index (κ1) is 29.8. The quantitative estimate of drug-likeness (QED) is 0.408. The van der Waals surface area contributed by atoms with E-state index in [1.807, 2.05) is 69.0 Å². The average Bonchev–Trinajstić information content (AvgIpc) is 3.61. The molecule has 0 unspecified atom stereocenters. The maximum atomic E-state index is 14.0. The van der Waals surface area contributed by atoms with Crippen molar-refractivity contribution in [1.82, 2.24) is 9.80 Å². The van der Waals surface area contributed by atoms with E-state index in [9.17, 15) is 19.5 Å². The smallest absolute Gasteiger partial charge is 0.308 e. The summed E-state index contributed by atoms with van der Waals surface area (Å²) in [6, 6.07) is 9.04. The topological polar surface area (TPSA) is 104 Å². The highest BCUT2D eigenvalue weighted by Gasteiger charge is 2.48. The number of aryl methyl sites for hydroxylation is 1. The number of rotatable bonds is 11. The first-order chi connectivity index (χ1) is 20.1. The van der Waals surface area contributed by atoms with Gasteiger partial charge in [0.2, 0.25) is 18.6 Å². The van der Waals surface area contributed by atoms with Crippen molar-refractivity contribution in [2.45, 2.75) is 58.4 Å². The number of carboxylic acid groups (broad SMARTS) is 1. The first-order valence-corrected chi connectivity index (χ1v) is 15.0. The van der Waals surface area contributed by atoms with E-state index >= 15 is 0 Å². The molecule has 2 saturated heterocycles. The largest absolute Gasteiger partial charge is 0.481 e. The number of nitrogens with zero attached hydrogens (tertiary/aromatic N) is 4. The molecule has 5 rings (SSSR count). The van der Waals surface area contributed by atoms with Crippen LogP contribution in [0.5, 0.6) is 11.5 Å². The summed E-state index contributed by atoms with van der Waals surface area (Å²) in [4.78, 5) is 45.3. The van der Waals surface area contributed by atoms with Crippen LogP contribution in [0.3, 0.4) is 0 Å². The first-order valence-electron chi connectivity index (χ1n) is 15.0. The molecule has 1 aromatic heterocycles. The van der Waals surface area contributed by atoms with Crippen molar-refractivity contribution in [3.63, 3.8) is 0 Å². The Bertz CT molecular complexity index is 1330. The number of likely N-dealkylation sites (tertiary alicyclic amines) is 2. The Morgan fingerprint density at radius 2 is 1.98 bits per heavy atom. The molecule has 0 saturated carbocycles. The molecule has 3 aliphatic rings. The summed E-state index contributed by atoms with van der Waals surface area (Å²) in [5.41, 5.74) is 1.57. The van der Waals surface area contributed by atoms with Gasteiger partial charge < -0.3 is 24.4 Å². The summed E-state index contributed by atoms with van der Waals surface area (Å²) >= 11 is 0. The number of aromatic nitrogens is 1. The van der Waals surface area contributed by atoms with Crippen LogP contribution < -0.4 is 18.9 Å². The predicted molar refractivity (Wildman–Crippen MR) is 156 cm³/mol. The minimum absolute atomic E-state index is 0.0616. The lowest BCUT2D eigenvalue weighted by atomic mass is 9.84. The summed E-state index contributed by atoms with van der Waals surface area (Å²) in [5.74, 6) is -0.707. The second kappa shape index (κ2) is 12.3. The molecule has 4 heterocycles. The third-order valence-electron chi connectivity index (χ3n) is 8.76. The number of amides is 2. The van der Waals surface area contributed by atoms with Gasteiger partial charge >= 0.3 is 5.97 Å². The van der Waals surface area contributed by atoms with E-state index in [0.717, 1.165) is 24.1 Å². The fourth-order valence-corrected chi connectivity index (χ4v) is 6.71. The number of anilines is 1. The Balaban J connectivity index is 1.43. The molecule has 2 fully saturated rings. The highest BCUT2D eigenvalue weighted by molar-refractivity contribution is 5.94. The number of pyridine rings is 1. The van der Waals surface area contributed by atoms with Crippen LogP contribution in [0, 0.1) is 11.3 Å². The fourth-order valence-electron chi connectivity index (χ4n) is 6.71. The number of fused-ring (bicyclic) bond motifs is 1. The van der Waals surface area contributed by atoms with E-state index in [2.05, 4.69) is 20.8 Å². The molecule has 10 nitrogen and oxygen atoms in total. The van der Waals surface area contributed by atoms with Gasteiger partial charge in [-0.3, -0.25) is 19.3 Å². The highest BCUT2D eigenvalue weighted by atomic mass is 16.7. The number of carbonyl (C=O) groups excluding carboxylic acids is 2. The lowest BCUT2D eigenvalue weighted by Crippen LogP contribution is -2.46. The number of unbranched alkanes of at least 4 members (excludes halogenated alkanes) is 1. The summed E-state index contributed by atoms with van der Waals surface area (Å²) in [6.45, 7) is 8.60. The maximum absolute atomic E-state index is 14.0. The number of benzene rings is 1. The molecule has 0 spiro atoms. The van der Waals surface area contributed by atoms with Gasteiger partial charge in [0.25, 0.3) is 0 Å². The Morgan fingerprint density at radius 1 is 1.19 bits per heavy atom. The van der Waals surface area contributed by atoms with Gasteiger partial charge in [-0.1, -0.05) is 33.3 Å². The van der Waals surface area contributed by atoms with Crippen LogP contribution in [0.25, 0.3) is 0 Å². The summed E-state index contributed by atoms with van der Waals surface area (Å²) in [6.07, 6.45) is 6.63. The average molecular weight is 580 g/mol. The summed E-state index contributed by atoms with van der Waals surface area (Å²) in [7, 11) is 1.93. The standard InChI is InChI=1S/C32H42N4O6/c1-5-6-13-36(23-8-7-12-33(4)17-23)29(38)19-35-18-24(22-9-10-26-27(15-22)42-21-41-26)30(31(39)40)25(35)11-14-34-20-32(2,3)16-28(34)37/h7-10,12,15,17,24-25,30H,5-6,11,13-14,16,18-21H2,1-4H3/p+1/t24-,25+,30-/m1/s1. The molecule has 1 N–H and O–H groups in total. The maximum Gasteiger partial charge on any atom is 0.308 e. The van der Waals surface area contributed by atoms with Crippen LogP contribution in [0.4, 0.5) is 5.69 Å². The summed E-state index contributed by atoms with van der Waals surface area (Å²) < 4.78 is 13.0. The number of aliphatic carboxylic acids is 1. The zero-order valence-electron chi connectivity index (χ0n) is 25.1. The highest BCUT2D eigenvalue weighted by Crippen LogP contribution is 2.43. The van der Waals surface area contributed by atoms with Crippen LogP contribution in [0.1, 0.15) is 57.9 Å². The lowest BCUT2D eigenvalue weighted by molar-refractivity contribution is -0.670. The summed E-state index contributed by atoms with van der Waals surface area (Å²) in [5, 5.41) is 10.6. The Labute approximate surface area is 247 Å². The van der Waals surface area contributed by atoms with Crippen molar-refractivity contribution in [2.24, 2.45) is 18.4 Å². The van der Waals surface area contributed by atoms with Crippen LogP contribution in [-0.2, 0) is 21.4 Å². The monoisotopic (exact) mass is 579 g/mol. The van der Waals surface area contributed by atoms with Gasteiger partial charge in [-0.2, -0.15) is 0 Å². The molecule has 3 aliphatic heterocycles. The minimum Gasteiger partial charge on any atom is -0.481 e. The van der Waals surface area contributed by atoms with E-state index in [4.69, 9.17) is 9.47 Å². The third-order valence-corrected chi connectivity index (χ3v) is 8.76. The van der Waals surface area contributed by atoms with Crippen molar-refractivity contribution < 1.29 is 33.5 Å². The van der Waals surface area contributed by atoms with E-state index < -0.39 is 17.9 Å². The molecule has 10 heteroatoms. The van der Waals surface area contributed by atoms with Gasteiger partial charge in [-0.15, -0.1) is 0 Å². The van der Waals surface area contributed by atoms with Crippen molar-refractivity contribution in [3.05, 3.63) is 48.3 Å². The number of hydrogen-bond acceptors (Lipinski definition) is 6. The molecule has 2 amide bonds. The van der Waals surface area contributed by atoms with E-state index in [1.165, 1.54) is 0 Å². The van der Waals surface area contributed by atoms with Crippen LogP contribution in [0.2, 0.25) is 0 Å². The number of carbonyl (C=O) groups is 3. The fraction of sp³-hybridized carbons (Fsp3) is 0.562. The van der Waals surface area contributed by atoms with Gasteiger partial charge in [-0.25, -0.2) is 4.57 Å². The minimum atomic E-state index is -0.899. The number of carboxylic acids is 1. The van der Waals surface area contributed by atoms with Crippen molar-refractivity contribution in [1.29, 1.82) is 0 Å². The molecule has 42 heavy (non-hydrogen) atoms. The number of hydrogen-bond donors (Lipinski definition) is 1. The van der Waals surface area contributed by atoms with Gasteiger partial charge in [-0.05, 0) is 42.0 Å². The second-order valence-corrected chi connectivity index (χ2v) is 12.7. The van der Waals surface area contributed by atoms with Crippen LogP contribution in [-0.4, -0.2) is 78.2 Å². The van der Waals surface area contributed by atoms with Crippen molar-refractivity contribution in [3.8, 4) is 11.5 Å². The molecule has 0 bridgehead atoms. The predicted octanol–water partition coefficient (Wildman–Crippen LogP) is 3.19. The van der Waals surface area contributed by atoms with Crippen molar-refractivity contribution in [2.75, 3.05) is 44.4 Å². The van der Waals surface area contributed by atoms with Crippen LogP contribution >= 0.6 is 0 Å². The molecule has 2 aromatic rings. The Kier molecular flexibility index (Phi) is 8.73. The van der Waals surface area contributed by atoms with Gasteiger partial charge in [0.05, 0.1) is 12.5 Å². The van der Waals surface area contributed by atoms with Crippen molar-refractivity contribution >= 4 is 23.5 Å². The molecule has 1 aromatic carbocycles. The zero-order chi connectivity index (χ0) is 30.0. The lowest BCUT2D eigenvalue weighted by Gasteiger charge is -2.30. The van der Waals surface area contributed by atoms with Crippen LogP contribution in [0.15, 0.2) is 42.7 Å².